The summed E-state index contributed by atoms with van der Waals surface area (Å²) in [7, 11) is 0. The molecule has 13 heavy (non-hydrogen) atoms. The molecule has 2 N–H and O–H groups in total. The van der Waals surface area contributed by atoms with Crippen molar-refractivity contribution in [1.82, 2.24) is 9.97 Å². The largest absolute Gasteiger partial charge is 0.362 e. The fraction of sp³-hybridized carbons (Fsp3) is 0.333. The number of aromatic nitrogens is 2. The van der Waals surface area contributed by atoms with Crippen molar-refractivity contribution >= 4 is 5.82 Å². The average molecular weight is 179 g/mol. The second kappa shape index (κ2) is 4.45. The Morgan fingerprint density at radius 2 is 2.46 bits per heavy atom. The maximum absolute atomic E-state index is 11.1. The van der Waals surface area contributed by atoms with Crippen molar-refractivity contribution in [1.29, 1.82) is 0 Å². The fourth-order valence-corrected chi connectivity index (χ4v) is 0.829. The maximum atomic E-state index is 11.1. The summed E-state index contributed by atoms with van der Waals surface area (Å²) >= 11 is 0. The molecule has 4 nitrogen and oxygen atoms in total. The summed E-state index contributed by atoms with van der Waals surface area (Å²) in [5.41, 5.74) is 1.02. The van der Waals surface area contributed by atoms with Gasteiger partial charge in [-0.25, -0.2) is 4.98 Å². The van der Waals surface area contributed by atoms with E-state index in [-0.39, 0.29) is 5.56 Å². The smallest absolute Gasteiger partial charge is 0.290 e. The van der Waals surface area contributed by atoms with E-state index in [2.05, 4.69) is 15.3 Å². The van der Waals surface area contributed by atoms with Crippen LogP contribution in [0.25, 0.3) is 0 Å². The first-order chi connectivity index (χ1) is 6.20. The third-order valence-electron chi connectivity index (χ3n) is 1.49. The summed E-state index contributed by atoms with van der Waals surface area (Å²) in [5.74, 6) is 0.361. The van der Waals surface area contributed by atoms with Crippen LogP contribution in [0.3, 0.4) is 0 Å². The van der Waals surface area contributed by atoms with Gasteiger partial charge in [0.2, 0.25) is 0 Å². The minimum absolute atomic E-state index is 0.190. The Morgan fingerprint density at radius 1 is 1.69 bits per heavy atom. The van der Waals surface area contributed by atoms with Gasteiger partial charge in [0.05, 0.1) is 0 Å². The number of nitrogens with zero attached hydrogens (tertiary/aromatic N) is 1. The Bertz CT molecular complexity index is 350. The van der Waals surface area contributed by atoms with E-state index in [1.54, 1.807) is 6.20 Å². The molecule has 1 aromatic rings. The van der Waals surface area contributed by atoms with Crippen molar-refractivity contribution in [2.45, 2.75) is 13.8 Å². The molecule has 0 aliphatic heterocycles. The summed E-state index contributed by atoms with van der Waals surface area (Å²) in [4.78, 5) is 17.5. The van der Waals surface area contributed by atoms with E-state index in [1.165, 1.54) is 11.8 Å². The number of nitrogens with one attached hydrogen (secondary N) is 2. The standard InChI is InChI=1S/C9H13N3O/c1-7(2)3-4-10-8-9(13)12-6-5-11-8/h3,5-6H,4H2,1-2H3,(H,10,11)(H,12,13). The molecule has 0 saturated heterocycles. The van der Waals surface area contributed by atoms with Gasteiger partial charge in [0.25, 0.3) is 5.56 Å². The molecule has 0 aliphatic carbocycles. The molecule has 0 saturated carbocycles. The predicted molar refractivity (Wildman–Crippen MR) is 52.8 cm³/mol. The highest BCUT2D eigenvalue weighted by Gasteiger charge is 1.95. The molecule has 1 rings (SSSR count). The van der Waals surface area contributed by atoms with Gasteiger partial charge in [-0.15, -0.1) is 0 Å². The van der Waals surface area contributed by atoms with Crippen LogP contribution in [0.1, 0.15) is 13.8 Å². The number of allylic oxidation sites excluding steroid dienone is 1. The molecule has 0 aromatic carbocycles. The van der Waals surface area contributed by atoms with Crippen molar-refractivity contribution in [3.63, 3.8) is 0 Å². The van der Waals surface area contributed by atoms with E-state index in [9.17, 15) is 4.79 Å². The Hall–Kier alpha value is -1.58. The minimum atomic E-state index is -0.190. The monoisotopic (exact) mass is 179 g/mol. The first-order valence-corrected chi connectivity index (χ1v) is 4.11. The van der Waals surface area contributed by atoms with Gasteiger partial charge in [-0.2, -0.15) is 0 Å². The zero-order chi connectivity index (χ0) is 9.68. The molecule has 70 valence electrons. The quantitative estimate of drug-likeness (QED) is 0.684. The van der Waals surface area contributed by atoms with Gasteiger partial charge in [-0.1, -0.05) is 11.6 Å². The molecule has 0 bridgehead atoms. The molecule has 0 radical (unpaired) electrons. The number of anilines is 1. The van der Waals surface area contributed by atoms with Crippen molar-refractivity contribution in [2.24, 2.45) is 0 Å². The van der Waals surface area contributed by atoms with Crippen molar-refractivity contribution < 1.29 is 0 Å². The van der Waals surface area contributed by atoms with Gasteiger partial charge in [-0.05, 0) is 13.8 Å². The minimum Gasteiger partial charge on any atom is -0.362 e. The first kappa shape index (κ1) is 9.51. The van der Waals surface area contributed by atoms with Gasteiger partial charge in [0.15, 0.2) is 5.82 Å². The molecule has 1 heterocycles. The Labute approximate surface area is 76.7 Å². The van der Waals surface area contributed by atoms with E-state index >= 15 is 0 Å². The van der Waals surface area contributed by atoms with Crippen molar-refractivity contribution in [3.05, 3.63) is 34.4 Å². The topological polar surface area (TPSA) is 57.8 Å². The maximum Gasteiger partial charge on any atom is 0.290 e. The summed E-state index contributed by atoms with van der Waals surface area (Å²) in [6, 6.07) is 0. The highest BCUT2D eigenvalue weighted by Crippen LogP contribution is 1.91. The second-order valence-corrected chi connectivity index (χ2v) is 2.93. The molecular formula is C9H13N3O. The van der Waals surface area contributed by atoms with Crippen molar-refractivity contribution in [3.8, 4) is 0 Å². The first-order valence-electron chi connectivity index (χ1n) is 4.11. The number of rotatable bonds is 3. The Kier molecular flexibility index (Phi) is 3.25. The molecule has 0 aliphatic rings. The normalized spacial score (nSPS) is 9.38. The van der Waals surface area contributed by atoms with Gasteiger partial charge in [-0.3, -0.25) is 4.79 Å². The summed E-state index contributed by atoms with van der Waals surface area (Å²) < 4.78 is 0. The van der Waals surface area contributed by atoms with Crippen LogP contribution >= 0.6 is 0 Å². The number of hydrogen-bond donors (Lipinski definition) is 2. The molecule has 0 spiro atoms. The third kappa shape index (κ3) is 3.11. The number of H-pyrrole nitrogens is 1. The van der Waals surface area contributed by atoms with Gasteiger partial charge in [0, 0.05) is 18.9 Å². The average Bonchev–Trinajstić information content (AvgIpc) is 2.08. The SMILES string of the molecule is CC(C)=CCNc1ncc[nH]c1=O. The van der Waals surface area contributed by atoms with Gasteiger partial charge >= 0.3 is 0 Å². The van der Waals surface area contributed by atoms with Crippen LogP contribution < -0.4 is 10.9 Å². The second-order valence-electron chi connectivity index (χ2n) is 2.93. The van der Waals surface area contributed by atoms with Crippen LogP contribution in [0, 0.1) is 0 Å². The lowest BCUT2D eigenvalue weighted by atomic mass is 10.3. The van der Waals surface area contributed by atoms with Crippen LogP contribution in [0.5, 0.6) is 0 Å². The summed E-state index contributed by atoms with van der Waals surface area (Å²) in [6.07, 6.45) is 5.05. The zero-order valence-corrected chi connectivity index (χ0v) is 7.79. The lowest BCUT2D eigenvalue weighted by Gasteiger charge is -1.99. The molecular weight excluding hydrogens is 166 g/mol. The summed E-state index contributed by atoms with van der Waals surface area (Å²) in [5, 5.41) is 2.91. The van der Waals surface area contributed by atoms with Crippen molar-refractivity contribution in [2.75, 3.05) is 11.9 Å². The van der Waals surface area contributed by atoms with E-state index in [4.69, 9.17) is 0 Å². The number of hydrogen-bond acceptors (Lipinski definition) is 3. The van der Waals surface area contributed by atoms with E-state index in [0.29, 0.717) is 12.4 Å². The predicted octanol–water partition coefficient (Wildman–Crippen LogP) is 1.15. The molecule has 0 fully saturated rings. The van der Waals surface area contributed by atoms with E-state index in [1.807, 2.05) is 19.9 Å². The molecule has 0 unspecified atom stereocenters. The van der Waals surface area contributed by atoms with Crippen LogP contribution in [0.15, 0.2) is 28.8 Å². The Morgan fingerprint density at radius 3 is 3.08 bits per heavy atom. The zero-order valence-electron chi connectivity index (χ0n) is 7.79. The molecule has 0 amide bonds. The fourth-order valence-electron chi connectivity index (χ4n) is 0.829. The van der Waals surface area contributed by atoms with Crippen LogP contribution in [-0.4, -0.2) is 16.5 Å². The van der Waals surface area contributed by atoms with E-state index < -0.39 is 0 Å². The lowest BCUT2D eigenvalue weighted by Crippen LogP contribution is -2.15. The number of aromatic amines is 1. The highest BCUT2D eigenvalue weighted by molar-refractivity contribution is 5.31. The lowest BCUT2D eigenvalue weighted by molar-refractivity contribution is 1.11. The van der Waals surface area contributed by atoms with Crippen LogP contribution in [-0.2, 0) is 0 Å². The third-order valence-corrected chi connectivity index (χ3v) is 1.49. The van der Waals surface area contributed by atoms with E-state index in [0.717, 1.165) is 0 Å². The van der Waals surface area contributed by atoms with Gasteiger partial charge < -0.3 is 10.3 Å². The molecule has 4 heteroatoms. The summed E-state index contributed by atoms with van der Waals surface area (Å²) in [6.45, 7) is 4.64. The Balaban J connectivity index is 2.60. The van der Waals surface area contributed by atoms with Gasteiger partial charge in [0.1, 0.15) is 0 Å². The molecule has 0 atom stereocenters. The highest BCUT2D eigenvalue weighted by atomic mass is 16.1. The van der Waals surface area contributed by atoms with Crippen LogP contribution in [0.4, 0.5) is 5.82 Å². The molecule has 1 aromatic heterocycles. The van der Waals surface area contributed by atoms with Crippen LogP contribution in [0.2, 0.25) is 0 Å².